The van der Waals surface area contributed by atoms with Gasteiger partial charge in [0.05, 0.1) is 0 Å². The summed E-state index contributed by atoms with van der Waals surface area (Å²) in [6.07, 6.45) is -0.149. The van der Waals surface area contributed by atoms with E-state index < -0.39 is 41.2 Å². The lowest BCUT2D eigenvalue weighted by Gasteiger charge is -2.32. The standard InChI is InChI=1S/C33H32F8O/c1-2-19-6-11-22(31(37)30(19)36)5-3-18-4-13-25-24(15-18)17-27(35)29(32(25)38)21-9-7-20(8-10-21)23-12-14-28(26(34)16-23)42-33(39,40)41/h6,11-12,14,16-18,20-21H,2-5,7-10,13,15H2,1H3. The second-order valence-corrected chi connectivity index (χ2v) is 11.5. The molecule has 0 heterocycles. The van der Waals surface area contributed by atoms with E-state index in [0.717, 1.165) is 12.1 Å². The molecule has 0 aliphatic heterocycles. The van der Waals surface area contributed by atoms with Crippen molar-refractivity contribution in [1.29, 1.82) is 0 Å². The summed E-state index contributed by atoms with van der Waals surface area (Å²) in [5, 5.41) is 0. The molecule has 0 spiro atoms. The molecule has 3 aromatic rings. The first kappa shape index (κ1) is 30.4. The third-order valence-corrected chi connectivity index (χ3v) is 8.99. The van der Waals surface area contributed by atoms with Gasteiger partial charge in [0.2, 0.25) is 0 Å². The molecule has 0 N–H and O–H groups in total. The van der Waals surface area contributed by atoms with Crippen molar-refractivity contribution in [2.75, 3.05) is 0 Å². The van der Waals surface area contributed by atoms with Crippen LogP contribution in [0.15, 0.2) is 36.4 Å². The number of hydrogen-bond donors (Lipinski definition) is 0. The van der Waals surface area contributed by atoms with Crippen molar-refractivity contribution in [3.8, 4) is 5.75 Å². The molecule has 0 saturated heterocycles. The van der Waals surface area contributed by atoms with Crippen LogP contribution in [0.2, 0.25) is 0 Å². The third-order valence-electron chi connectivity index (χ3n) is 8.99. The fourth-order valence-electron chi connectivity index (χ4n) is 6.71. The third kappa shape index (κ3) is 6.45. The molecule has 1 atom stereocenters. The molecule has 5 rings (SSSR count). The van der Waals surface area contributed by atoms with Crippen LogP contribution in [0.25, 0.3) is 0 Å². The maximum absolute atomic E-state index is 15.7. The van der Waals surface area contributed by atoms with E-state index in [1.54, 1.807) is 19.1 Å². The largest absolute Gasteiger partial charge is 0.573 e. The van der Waals surface area contributed by atoms with Gasteiger partial charge >= 0.3 is 6.36 Å². The van der Waals surface area contributed by atoms with Crippen LogP contribution in [0.4, 0.5) is 35.1 Å². The van der Waals surface area contributed by atoms with Crippen molar-refractivity contribution in [3.63, 3.8) is 0 Å². The number of aryl methyl sites for hydroxylation is 2. The molecule has 3 aromatic carbocycles. The molecule has 2 aliphatic carbocycles. The Morgan fingerprint density at radius 1 is 0.762 bits per heavy atom. The fraction of sp³-hybridized carbons (Fsp3) is 0.455. The highest BCUT2D eigenvalue weighted by Gasteiger charge is 2.34. The Labute approximate surface area is 239 Å². The molecule has 1 saturated carbocycles. The van der Waals surface area contributed by atoms with E-state index in [0.29, 0.717) is 92.0 Å². The number of ether oxygens (including phenoxy) is 1. The molecule has 0 aromatic heterocycles. The summed E-state index contributed by atoms with van der Waals surface area (Å²) < 4.78 is 115. The molecule has 42 heavy (non-hydrogen) atoms. The number of rotatable bonds is 7. The molecule has 226 valence electrons. The lowest BCUT2D eigenvalue weighted by atomic mass is 9.74. The number of fused-ring (bicyclic) bond motifs is 1. The number of benzene rings is 3. The van der Waals surface area contributed by atoms with Gasteiger partial charge in [-0.1, -0.05) is 25.1 Å². The molecular formula is C33H32F8O. The highest BCUT2D eigenvalue weighted by atomic mass is 19.4. The molecule has 0 amide bonds. The SMILES string of the molecule is CCc1ccc(CCC2CCc3c(cc(F)c(C4CCC(c5ccc(OC(F)(F)F)c(F)c5)CC4)c3F)C2)c(F)c1F. The van der Waals surface area contributed by atoms with E-state index in [2.05, 4.69) is 4.74 Å². The Kier molecular flexibility index (Phi) is 8.86. The predicted octanol–water partition coefficient (Wildman–Crippen LogP) is 10.0. The Hall–Kier alpha value is -3.10. The van der Waals surface area contributed by atoms with Crippen LogP contribution in [-0.4, -0.2) is 6.36 Å². The normalized spacial score (nSPS) is 20.8. The summed E-state index contributed by atoms with van der Waals surface area (Å²) in [6, 6.07) is 8.02. The first-order valence-corrected chi connectivity index (χ1v) is 14.5. The van der Waals surface area contributed by atoms with E-state index in [1.165, 1.54) is 12.1 Å². The van der Waals surface area contributed by atoms with Gasteiger partial charge in [-0.3, -0.25) is 0 Å². The molecule has 2 aliphatic rings. The first-order valence-electron chi connectivity index (χ1n) is 14.5. The highest BCUT2D eigenvalue weighted by molar-refractivity contribution is 5.40. The van der Waals surface area contributed by atoms with Gasteiger partial charge in [-0.15, -0.1) is 13.2 Å². The van der Waals surface area contributed by atoms with Gasteiger partial charge in [0.1, 0.15) is 11.6 Å². The molecular weight excluding hydrogens is 564 g/mol. The molecule has 1 fully saturated rings. The molecule has 0 bridgehead atoms. The number of alkyl halides is 3. The minimum absolute atomic E-state index is 0.0688. The van der Waals surface area contributed by atoms with Gasteiger partial charge in [-0.05, 0) is 128 Å². The Morgan fingerprint density at radius 3 is 2.10 bits per heavy atom. The number of hydrogen-bond acceptors (Lipinski definition) is 1. The quantitative estimate of drug-likeness (QED) is 0.247. The van der Waals surface area contributed by atoms with Gasteiger partial charge in [-0.25, -0.2) is 22.0 Å². The second-order valence-electron chi connectivity index (χ2n) is 11.5. The first-order chi connectivity index (χ1) is 19.9. The van der Waals surface area contributed by atoms with E-state index in [9.17, 15) is 26.3 Å². The average molecular weight is 597 g/mol. The van der Waals surface area contributed by atoms with E-state index >= 15 is 8.78 Å². The number of halogens is 8. The van der Waals surface area contributed by atoms with E-state index in [1.807, 2.05) is 0 Å². The highest BCUT2D eigenvalue weighted by Crippen LogP contribution is 2.44. The van der Waals surface area contributed by atoms with Crippen LogP contribution in [-0.2, 0) is 25.7 Å². The Morgan fingerprint density at radius 2 is 1.43 bits per heavy atom. The van der Waals surface area contributed by atoms with Gasteiger partial charge in [0.25, 0.3) is 0 Å². The van der Waals surface area contributed by atoms with Crippen molar-refractivity contribution in [1.82, 2.24) is 0 Å². The molecule has 0 radical (unpaired) electrons. The summed E-state index contributed by atoms with van der Waals surface area (Å²) >= 11 is 0. The van der Waals surface area contributed by atoms with Crippen molar-refractivity contribution in [2.24, 2.45) is 5.92 Å². The fourth-order valence-corrected chi connectivity index (χ4v) is 6.71. The lowest BCUT2D eigenvalue weighted by Crippen LogP contribution is -2.21. The van der Waals surface area contributed by atoms with Gasteiger partial charge in [0, 0.05) is 5.56 Å². The second kappa shape index (κ2) is 12.3. The minimum atomic E-state index is -4.99. The molecule has 1 nitrogen and oxygen atoms in total. The van der Waals surface area contributed by atoms with Crippen LogP contribution < -0.4 is 4.74 Å². The average Bonchev–Trinajstić information content (AvgIpc) is 2.94. The lowest BCUT2D eigenvalue weighted by molar-refractivity contribution is -0.275. The Balaban J connectivity index is 1.22. The monoisotopic (exact) mass is 596 g/mol. The van der Waals surface area contributed by atoms with E-state index in [4.69, 9.17) is 0 Å². The maximum Gasteiger partial charge on any atom is 0.573 e. The maximum atomic E-state index is 15.7. The summed E-state index contributed by atoms with van der Waals surface area (Å²) in [5.41, 5.74) is 2.37. The van der Waals surface area contributed by atoms with Crippen LogP contribution in [0.3, 0.4) is 0 Å². The van der Waals surface area contributed by atoms with E-state index in [-0.39, 0.29) is 23.3 Å². The van der Waals surface area contributed by atoms with Crippen molar-refractivity contribution in [2.45, 2.75) is 89.3 Å². The minimum Gasteiger partial charge on any atom is -0.403 e. The molecule has 9 heteroatoms. The summed E-state index contributed by atoms with van der Waals surface area (Å²) in [6.45, 7) is 1.76. The zero-order valence-corrected chi connectivity index (χ0v) is 23.2. The van der Waals surface area contributed by atoms with Crippen LogP contribution >= 0.6 is 0 Å². The van der Waals surface area contributed by atoms with Crippen molar-refractivity contribution in [3.05, 3.63) is 98.9 Å². The van der Waals surface area contributed by atoms with Crippen molar-refractivity contribution < 1.29 is 39.9 Å². The smallest absolute Gasteiger partial charge is 0.403 e. The Bertz CT molecular complexity index is 1440. The van der Waals surface area contributed by atoms with Crippen LogP contribution in [0.1, 0.15) is 90.7 Å². The zero-order chi connectivity index (χ0) is 30.2. The molecule has 1 unspecified atom stereocenters. The van der Waals surface area contributed by atoms with Crippen molar-refractivity contribution >= 4 is 0 Å². The van der Waals surface area contributed by atoms with Crippen LogP contribution in [0, 0.1) is 35.0 Å². The van der Waals surface area contributed by atoms with Crippen LogP contribution in [0.5, 0.6) is 5.75 Å². The summed E-state index contributed by atoms with van der Waals surface area (Å²) in [7, 11) is 0. The van der Waals surface area contributed by atoms with Gasteiger partial charge in [-0.2, -0.15) is 0 Å². The van der Waals surface area contributed by atoms with Gasteiger partial charge in [0.15, 0.2) is 23.2 Å². The predicted molar refractivity (Wildman–Crippen MR) is 143 cm³/mol. The zero-order valence-electron chi connectivity index (χ0n) is 23.2. The topological polar surface area (TPSA) is 9.23 Å². The summed E-state index contributed by atoms with van der Waals surface area (Å²) in [4.78, 5) is 0. The summed E-state index contributed by atoms with van der Waals surface area (Å²) in [5.74, 6) is -5.15. The van der Waals surface area contributed by atoms with Gasteiger partial charge < -0.3 is 4.74 Å².